The van der Waals surface area contributed by atoms with Gasteiger partial charge in [0.1, 0.15) is 11.6 Å². The Morgan fingerprint density at radius 1 is 1.22 bits per heavy atom. The van der Waals surface area contributed by atoms with Crippen LogP contribution in [0.1, 0.15) is 57.2 Å². The molecule has 0 radical (unpaired) electrons. The molecule has 3 nitrogen and oxygen atoms in total. The van der Waals surface area contributed by atoms with Gasteiger partial charge in [0.05, 0.1) is 11.9 Å². The maximum Gasteiger partial charge on any atom is 0.123 e. The maximum atomic E-state index is 13.1. The highest BCUT2D eigenvalue weighted by Gasteiger charge is 2.28. The molecule has 0 amide bonds. The highest BCUT2D eigenvalue weighted by molar-refractivity contribution is 5.58. The molecular formula is C19H26FN3. The van der Waals surface area contributed by atoms with Gasteiger partial charge in [-0.25, -0.2) is 9.37 Å². The number of hydrogen-bond donors (Lipinski definition) is 2. The number of aromatic nitrogens is 2. The number of hydrogen-bond acceptors (Lipinski definition) is 2. The highest BCUT2D eigenvalue weighted by Crippen LogP contribution is 2.38. The summed E-state index contributed by atoms with van der Waals surface area (Å²) in [5, 5.41) is 0. The first-order valence-corrected chi connectivity index (χ1v) is 8.70. The second kappa shape index (κ2) is 7.26. The van der Waals surface area contributed by atoms with Gasteiger partial charge in [0, 0.05) is 12.0 Å². The molecule has 1 aromatic carbocycles. The molecule has 1 unspecified atom stereocenters. The average Bonchev–Trinajstić information content (AvgIpc) is 3.03. The Labute approximate surface area is 137 Å². The molecule has 3 rings (SSSR count). The Balaban J connectivity index is 1.83. The fraction of sp³-hybridized carbons (Fsp3) is 0.526. The number of nitrogens with two attached hydrogens (primary N) is 1. The lowest BCUT2D eigenvalue weighted by Crippen LogP contribution is -2.25. The van der Waals surface area contributed by atoms with Crippen LogP contribution in [0, 0.1) is 11.7 Å². The van der Waals surface area contributed by atoms with Crippen molar-refractivity contribution in [3.8, 4) is 11.3 Å². The van der Waals surface area contributed by atoms with Gasteiger partial charge >= 0.3 is 0 Å². The van der Waals surface area contributed by atoms with Crippen molar-refractivity contribution in [3.05, 3.63) is 42.1 Å². The van der Waals surface area contributed by atoms with Crippen molar-refractivity contribution in [3.63, 3.8) is 0 Å². The number of rotatable bonds is 5. The third kappa shape index (κ3) is 3.99. The standard InChI is InChI=1S/C19H26FN3/c1-13(21)11-17(14-5-3-2-4-6-14)19-22-12-18(23-19)15-7-9-16(20)10-8-15/h7-10,12-14,17H,2-6,11,21H2,1H3,(H,22,23)/t13?,17-/m0/s1. The molecule has 1 saturated carbocycles. The van der Waals surface area contributed by atoms with Crippen LogP contribution in [-0.2, 0) is 0 Å². The summed E-state index contributed by atoms with van der Waals surface area (Å²) in [5.74, 6) is 1.88. The first-order chi connectivity index (χ1) is 11.1. The van der Waals surface area contributed by atoms with E-state index in [1.54, 1.807) is 12.1 Å². The van der Waals surface area contributed by atoms with Crippen LogP contribution in [-0.4, -0.2) is 16.0 Å². The van der Waals surface area contributed by atoms with Gasteiger partial charge in [-0.2, -0.15) is 0 Å². The molecule has 124 valence electrons. The molecule has 1 aliphatic rings. The summed E-state index contributed by atoms with van der Waals surface area (Å²) in [4.78, 5) is 8.10. The smallest absolute Gasteiger partial charge is 0.123 e. The SMILES string of the molecule is CC(N)C[C@H](c1ncc(-c2ccc(F)cc2)[nH]1)C1CCCCC1. The number of benzene rings is 1. The van der Waals surface area contributed by atoms with E-state index in [2.05, 4.69) is 16.9 Å². The predicted octanol–water partition coefficient (Wildman–Crippen LogP) is 4.62. The number of imidazole rings is 1. The zero-order chi connectivity index (χ0) is 16.2. The fourth-order valence-electron chi connectivity index (χ4n) is 3.77. The van der Waals surface area contributed by atoms with Crippen LogP contribution in [0.25, 0.3) is 11.3 Å². The van der Waals surface area contributed by atoms with E-state index in [-0.39, 0.29) is 11.9 Å². The van der Waals surface area contributed by atoms with Crippen LogP contribution in [0.2, 0.25) is 0 Å². The van der Waals surface area contributed by atoms with E-state index in [4.69, 9.17) is 5.73 Å². The van der Waals surface area contributed by atoms with Gasteiger partial charge in [-0.05, 0) is 61.9 Å². The number of halogens is 1. The monoisotopic (exact) mass is 315 g/mol. The molecule has 0 spiro atoms. The van der Waals surface area contributed by atoms with E-state index >= 15 is 0 Å². The summed E-state index contributed by atoms with van der Waals surface area (Å²) < 4.78 is 13.1. The molecule has 1 aliphatic carbocycles. The zero-order valence-electron chi connectivity index (χ0n) is 13.8. The Kier molecular flexibility index (Phi) is 5.11. The molecule has 0 aliphatic heterocycles. The van der Waals surface area contributed by atoms with Crippen molar-refractivity contribution in [2.75, 3.05) is 0 Å². The lowest BCUT2D eigenvalue weighted by atomic mass is 9.77. The minimum atomic E-state index is -0.217. The summed E-state index contributed by atoms with van der Waals surface area (Å²) >= 11 is 0. The molecule has 23 heavy (non-hydrogen) atoms. The van der Waals surface area contributed by atoms with Crippen molar-refractivity contribution in [2.45, 2.75) is 57.4 Å². The summed E-state index contributed by atoms with van der Waals surface area (Å²) in [6, 6.07) is 6.70. The van der Waals surface area contributed by atoms with Gasteiger partial charge < -0.3 is 10.7 Å². The summed E-state index contributed by atoms with van der Waals surface area (Å²) in [6.45, 7) is 2.07. The van der Waals surface area contributed by atoms with Crippen molar-refractivity contribution >= 4 is 0 Å². The third-order valence-electron chi connectivity index (χ3n) is 4.95. The number of aromatic amines is 1. The van der Waals surface area contributed by atoms with Crippen molar-refractivity contribution < 1.29 is 4.39 Å². The van der Waals surface area contributed by atoms with E-state index < -0.39 is 0 Å². The van der Waals surface area contributed by atoms with Gasteiger partial charge in [-0.15, -0.1) is 0 Å². The lowest BCUT2D eigenvalue weighted by Gasteiger charge is -2.30. The Morgan fingerprint density at radius 2 is 1.91 bits per heavy atom. The largest absolute Gasteiger partial charge is 0.342 e. The summed E-state index contributed by atoms with van der Waals surface area (Å²) in [6.07, 6.45) is 9.33. The average molecular weight is 315 g/mol. The molecule has 1 heterocycles. The summed E-state index contributed by atoms with van der Waals surface area (Å²) in [7, 11) is 0. The lowest BCUT2D eigenvalue weighted by molar-refractivity contribution is 0.279. The minimum absolute atomic E-state index is 0.168. The number of nitrogens with zero attached hydrogens (tertiary/aromatic N) is 1. The van der Waals surface area contributed by atoms with Gasteiger partial charge in [-0.1, -0.05) is 19.3 Å². The van der Waals surface area contributed by atoms with E-state index in [1.807, 2.05) is 6.20 Å². The van der Waals surface area contributed by atoms with Crippen LogP contribution in [0.3, 0.4) is 0 Å². The molecule has 4 heteroatoms. The molecule has 0 saturated heterocycles. The molecule has 3 N–H and O–H groups in total. The number of nitrogens with one attached hydrogen (secondary N) is 1. The fourth-order valence-corrected chi connectivity index (χ4v) is 3.77. The summed E-state index contributed by atoms with van der Waals surface area (Å²) in [5.41, 5.74) is 8.00. The van der Waals surface area contributed by atoms with Crippen LogP contribution in [0.15, 0.2) is 30.5 Å². The molecule has 1 aromatic heterocycles. The van der Waals surface area contributed by atoms with Crippen molar-refractivity contribution in [1.82, 2.24) is 9.97 Å². The Hall–Kier alpha value is -1.68. The van der Waals surface area contributed by atoms with Crippen molar-refractivity contribution in [1.29, 1.82) is 0 Å². The zero-order valence-corrected chi connectivity index (χ0v) is 13.8. The van der Waals surface area contributed by atoms with E-state index in [9.17, 15) is 4.39 Å². The third-order valence-corrected chi connectivity index (χ3v) is 4.95. The molecule has 2 atom stereocenters. The van der Waals surface area contributed by atoms with Gasteiger partial charge in [0.25, 0.3) is 0 Å². The first-order valence-electron chi connectivity index (χ1n) is 8.70. The van der Waals surface area contributed by atoms with Crippen LogP contribution in [0.4, 0.5) is 4.39 Å². The van der Waals surface area contributed by atoms with E-state index in [0.717, 1.165) is 23.5 Å². The quantitative estimate of drug-likeness (QED) is 0.846. The Morgan fingerprint density at radius 3 is 2.57 bits per heavy atom. The van der Waals surface area contributed by atoms with Crippen LogP contribution < -0.4 is 5.73 Å². The predicted molar refractivity (Wildman–Crippen MR) is 91.6 cm³/mol. The second-order valence-electron chi connectivity index (χ2n) is 6.91. The minimum Gasteiger partial charge on any atom is -0.342 e. The Bertz CT molecular complexity index is 612. The first kappa shape index (κ1) is 16.2. The van der Waals surface area contributed by atoms with Crippen LogP contribution in [0.5, 0.6) is 0 Å². The highest BCUT2D eigenvalue weighted by atomic mass is 19.1. The van der Waals surface area contributed by atoms with Gasteiger partial charge in [0.2, 0.25) is 0 Å². The second-order valence-corrected chi connectivity index (χ2v) is 6.91. The number of H-pyrrole nitrogens is 1. The molecular weight excluding hydrogens is 289 g/mol. The van der Waals surface area contributed by atoms with Crippen molar-refractivity contribution in [2.24, 2.45) is 11.7 Å². The topological polar surface area (TPSA) is 54.7 Å². The van der Waals surface area contributed by atoms with Crippen LogP contribution >= 0.6 is 0 Å². The molecule has 1 fully saturated rings. The van der Waals surface area contributed by atoms with Gasteiger partial charge in [-0.3, -0.25) is 0 Å². The van der Waals surface area contributed by atoms with Gasteiger partial charge in [0.15, 0.2) is 0 Å². The normalized spacial score (nSPS) is 18.7. The van der Waals surface area contributed by atoms with E-state index in [1.165, 1.54) is 44.2 Å². The maximum absolute atomic E-state index is 13.1. The molecule has 2 aromatic rings. The van der Waals surface area contributed by atoms with E-state index in [0.29, 0.717) is 11.8 Å². The molecule has 0 bridgehead atoms.